The number of furan rings is 1. The van der Waals surface area contributed by atoms with Gasteiger partial charge in [0, 0.05) is 19.4 Å². The van der Waals surface area contributed by atoms with Crippen LogP contribution in [0.5, 0.6) is 0 Å². The average Bonchev–Trinajstić information content (AvgIpc) is 3.38. The van der Waals surface area contributed by atoms with Crippen LogP contribution in [0.4, 0.5) is 0 Å². The third-order valence-corrected chi connectivity index (χ3v) is 5.73. The van der Waals surface area contributed by atoms with Crippen LogP contribution >= 0.6 is 0 Å². The van der Waals surface area contributed by atoms with E-state index in [0.29, 0.717) is 19.4 Å². The maximum absolute atomic E-state index is 12.9. The molecule has 0 saturated carbocycles. The highest BCUT2D eigenvalue weighted by Crippen LogP contribution is 2.30. The number of benzene rings is 1. The number of fused-ring (bicyclic) bond motifs is 1. The summed E-state index contributed by atoms with van der Waals surface area (Å²) in [5.41, 5.74) is 2.55. The lowest BCUT2D eigenvalue weighted by Crippen LogP contribution is -2.47. The molecule has 2 atom stereocenters. The van der Waals surface area contributed by atoms with Crippen molar-refractivity contribution < 1.29 is 14.0 Å². The van der Waals surface area contributed by atoms with Gasteiger partial charge in [-0.25, -0.2) is 0 Å². The standard InChI is InChI=1S/C22H26N2O3/c25-21(13-12-17-8-5-15-27-17)24-14-4-11-20(24)22(26)23-19-10-3-7-16-6-1-2-9-18(16)19/h1-2,5-6,8-9,15,19-20H,3-4,7,10-14H2,(H,23,26). The molecule has 5 heteroatoms. The Labute approximate surface area is 159 Å². The van der Waals surface area contributed by atoms with Crippen molar-refractivity contribution in [3.05, 3.63) is 59.5 Å². The first-order valence-electron chi connectivity index (χ1n) is 9.92. The summed E-state index contributed by atoms with van der Waals surface area (Å²) in [6.07, 6.45) is 7.31. The highest BCUT2D eigenvalue weighted by atomic mass is 16.3. The zero-order chi connectivity index (χ0) is 18.6. The van der Waals surface area contributed by atoms with Gasteiger partial charge in [0.2, 0.25) is 11.8 Å². The van der Waals surface area contributed by atoms with E-state index in [-0.39, 0.29) is 23.9 Å². The minimum atomic E-state index is -0.344. The zero-order valence-electron chi connectivity index (χ0n) is 15.5. The second kappa shape index (κ2) is 7.99. The van der Waals surface area contributed by atoms with Gasteiger partial charge >= 0.3 is 0 Å². The smallest absolute Gasteiger partial charge is 0.243 e. The lowest BCUT2D eigenvalue weighted by molar-refractivity contribution is -0.138. The van der Waals surface area contributed by atoms with Crippen LogP contribution in [0.25, 0.3) is 0 Å². The maximum atomic E-state index is 12.9. The van der Waals surface area contributed by atoms with Crippen molar-refractivity contribution in [3.8, 4) is 0 Å². The Kier molecular flexibility index (Phi) is 5.28. The third-order valence-electron chi connectivity index (χ3n) is 5.73. The van der Waals surface area contributed by atoms with Crippen molar-refractivity contribution in [1.29, 1.82) is 0 Å². The Morgan fingerprint density at radius 2 is 2.00 bits per heavy atom. The molecule has 1 saturated heterocycles. The predicted molar refractivity (Wildman–Crippen MR) is 102 cm³/mol. The Hall–Kier alpha value is -2.56. The molecule has 1 N–H and O–H groups in total. The van der Waals surface area contributed by atoms with E-state index in [1.165, 1.54) is 11.1 Å². The van der Waals surface area contributed by atoms with E-state index in [1.54, 1.807) is 11.2 Å². The van der Waals surface area contributed by atoms with Crippen LogP contribution in [0.1, 0.15) is 55.0 Å². The number of rotatable bonds is 5. The lowest BCUT2D eigenvalue weighted by Gasteiger charge is -2.30. The number of likely N-dealkylation sites (tertiary alicyclic amines) is 1. The van der Waals surface area contributed by atoms with Crippen LogP contribution in [0.15, 0.2) is 47.1 Å². The number of nitrogens with zero attached hydrogens (tertiary/aromatic N) is 1. The molecule has 1 aromatic carbocycles. The summed E-state index contributed by atoms with van der Waals surface area (Å²) in [4.78, 5) is 27.4. The lowest BCUT2D eigenvalue weighted by atomic mass is 9.87. The third kappa shape index (κ3) is 3.92. The molecule has 2 heterocycles. The molecule has 4 rings (SSSR count). The molecule has 5 nitrogen and oxygen atoms in total. The Morgan fingerprint density at radius 3 is 2.85 bits per heavy atom. The molecule has 2 aliphatic rings. The summed E-state index contributed by atoms with van der Waals surface area (Å²) in [5, 5.41) is 3.22. The average molecular weight is 366 g/mol. The molecular weight excluding hydrogens is 340 g/mol. The SMILES string of the molecule is O=C(NC1CCCc2ccccc21)C1CCCN1C(=O)CCc1ccco1. The monoisotopic (exact) mass is 366 g/mol. The molecule has 2 unspecified atom stereocenters. The van der Waals surface area contributed by atoms with Gasteiger partial charge in [0.25, 0.3) is 0 Å². The fourth-order valence-electron chi connectivity index (χ4n) is 4.34. The fourth-order valence-corrected chi connectivity index (χ4v) is 4.34. The van der Waals surface area contributed by atoms with Crippen LogP contribution in [0, 0.1) is 0 Å². The number of nitrogens with one attached hydrogen (secondary N) is 1. The summed E-state index contributed by atoms with van der Waals surface area (Å²) in [6.45, 7) is 0.663. The van der Waals surface area contributed by atoms with Gasteiger partial charge in [-0.1, -0.05) is 24.3 Å². The van der Waals surface area contributed by atoms with E-state index in [4.69, 9.17) is 4.42 Å². The molecule has 1 aliphatic heterocycles. The Balaban J connectivity index is 1.38. The molecule has 0 spiro atoms. The molecule has 1 aliphatic carbocycles. The van der Waals surface area contributed by atoms with Crippen LogP contribution in [-0.2, 0) is 22.4 Å². The van der Waals surface area contributed by atoms with Gasteiger partial charge in [0.1, 0.15) is 11.8 Å². The quantitative estimate of drug-likeness (QED) is 0.882. The fraction of sp³-hybridized carbons (Fsp3) is 0.455. The van der Waals surface area contributed by atoms with E-state index in [0.717, 1.165) is 37.9 Å². The number of carbonyl (C=O) groups excluding carboxylic acids is 2. The summed E-state index contributed by atoms with van der Waals surface area (Å²) < 4.78 is 5.30. The second-order valence-electron chi connectivity index (χ2n) is 7.48. The molecule has 0 radical (unpaired) electrons. The summed E-state index contributed by atoms with van der Waals surface area (Å²) in [6, 6.07) is 11.8. The molecule has 1 aromatic heterocycles. The topological polar surface area (TPSA) is 62.6 Å². The van der Waals surface area contributed by atoms with Crippen LogP contribution < -0.4 is 5.32 Å². The largest absolute Gasteiger partial charge is 0.469 e. The van der Waals surface area contributed by atoms with Crippen molar-refractivity contribution in [2.45, 2.75) is 57.0 Å². The van der Waals surface area contributed by atoms with E-state index in [2.05, 4.69) is 23.5 Å². The van der Waals surface area contributed by atoms with Crippen molar-refractivity contribution in [3.63, 3.8) is 0 Å². The normalized spacial score (nSPS) is 21.7. The number of aryl methyl sites for hydroxylation is 2. The highest BCUT2D eigenvalue weighted by molar-refractivity contribution is 5.88. The Bertz CT molecular complexity index is 800. The van der Waals surface area contributed by atoms with Crippen molar-refractivity contribution in [1.82, 2.24) is 10.2 Å². The summed E-state index contributed by atoms with van der Waals surface area (Å²) >= 11 is 0. The van der Waals surface area contributed by atoms with Crippen LogP contribution in [0.2, 0.25) is 0 Å². The summed E-state index contributed by atoms with van der Waals surface area (Å²) in [5.74, 6) is 0.830. The maximum Gasteiger partial charge on any atom is 0.243 e. The molecule has 142 valence electrons. The van der Waals surface area contributed by atoms with Crippen LogP contribution in [0.3, 0.4) is 0 Å². The van der Waals surface area contributed by atoms with Gasteiger partial charge in [0.15, 0.2) is 0 Å². The molecule has 2 amide bonds. The van der Waals surface area contributed by atoms with Crippen molar-refractivity contribution in [2.24, 2.45) is 0 Å². The van der Waals surface area contributed by atoms with Gasteiger partial charge in [-0.05, 0) is 55.4 Å². The molecule has 2 aromatic rings. The predicted octanol–water partition coefficient (Wildman–Crippen LogP) is 3.40. The first-order chi connectivity index (χ1) is 13.2. The highest BCUT2D eigenvalue weighted by Gasteiger charge is 2.35. The summed E-state index contributed by atoms with van der Waals surface area (Å²) in [7, 11) is 0. The van der Waals surface area contributed by atoms with E-state index < -0.39 is 0 Å². The van der Waals surface area contributed by atoms with Gasteiger partial charge in [-0.3, -0.25) is 9.59 Å². The zero-order valence-corrected chi connectivity index (χ0v) is 15.5. The van der Waals surface area contributed by atoms with Crippen LogP contribution in [-0.4, -0.2) is 29.3 Å². The second-order valence-corrected chi connectivity index (χ2v) is 7.48. The molecular formula is C22H26N2O3. The number of hydrogen-bond donors (Lipinski definition) is 1. The van der Waals surface area contributed by atoms with Gasteiger partial charge < -0.3 is 14.6 Å². The number of carbonyl (C=O) groups is 2. The van der Waals surface area contributed by atoms with Gasteiger partial charge in [0.05, 0.1) is 12.3 Å². The first-order valence-corrected chi connectivity index (χ1v) is 9.92. The minimum absolute atomic E-state index is 0.0134. The Morgan fingerprint density at radius 1 is 1.11 bits per heavy atom. The van der Waals surface area contributed by atoms with Gasteiger partial charge in [-0.15, -0.1) is 0 Å². The minimum Gasteiger partial charge on any atom is -0.469 e. The van der Waals surface area contributed by atoms with E-state index >= 15 is 0 Å². The molecule has 1 fully saturated rings. The number of hydrogen-bond acceptors (Lipinski definition) is 3. The van der Waals surface area contributed by atoms with E-state index in [1.807, 2.05) is 18.2 Å². The van der Waals surface area contributed by atoms with Crippen molar-refractivity contribution in [2.75, 3.05) is 6.54 Å². The van der Waals surface area contributed by atoms with Crippen molar-refractivity contribution >= 4 is 11.8 Å². The molecule has 27 heavy (non-hydrogen) atoms. The van der Waals surface area contributed by atoms with Gasteiger partial charge in [-0.2, -0.15) is 0 Å². The number of amides is 2. The molecule has 0 bridgehead atoms. The van der Waals surface area contributed by atoms with E-state index in [9.17, 15) is 9.59 Å². The first kappa shape index (κ1) is 17.8.